The fourth-order valence-electron chi connectivity index (χ4n) is 0.666. The van der Waals surface area contributed by atoms with Crippen molar-refractivity contribution < 1.29 is 4.68 Å². The predicted octanol–water partition coefficient (Wildman–Crippen LogP) is 0.436. The van der Waals surface area contributed by atoms with Crippen LogP contribution in [0, 0.1) is 0 Å². The zero-order valence-electron chi connectivity index (χ0n) is 5.42. The molecule has 0 spiro atoms. The minimum atomic E-state index is 0.731. The van der Waals surface area contributed by atoms with Gasteiger partial charge < -0.3 is 12.6 Å². The molecule has 0 fully saturated rings. The van der Waals surface area contributed by atoms with Crippen LogP contribution in [-0.2, 0) is 26.1 Å². The van der Waals surface area contributed by atoms with Crippen LogP contribution in [-0.4, -0.2) is 5.10 Å². The molecule has 0 radical (unpaired) electrons. The lowest BCUT2D eigenvalue weighted by Gasteiger charge is -1.83. The van der Waals surface area contributed by atoms with Crippen molar-refractivity contribution in [1.82, 2.24) is 5.10 Å². The van der Waals surface area contributed by atoms with Gasteiger partial charge >= 0.3 is 0 Å². The van der Waals surface area contributed by atoms with E-state index in [9.17, 15) is 0 Å². The Bertz CT molecular complexity index is 207. The summed E-state index contributed by atoms with van der Waals surface area (Å²) in [6, 6.07) is 0. The van der Waals surface area contributed by atoms with E-state index < -0.39 is 0 Å². The number of aromatic nitrogens is 2. The first-order valence-corrected chi connectivity index (χ1v) is 3.99. The summed E-state index contributed by atoms with van der Waals surface area (Å²) in [6.07, 6.45) is 1.02. The van der Waals surface area contributed by atoms with Gasteiger partial charge in [0.15, 0.2) is 12.1 Å². The van der Waals surface area contributed by atoms with E-state index >= 15 is 0 Å². The molecule has 0 bridgehead atoms. The number of aryl methyl sites for hydroxylation is 2. The Morgan fingerprint density at radius 3 is 2.67 bits per heavy atom. The van der Waals surface area contributed by atoms with E-state index in [0.29, 0.717) is 0 Å². The molecule has 0 aliphatic carbocycles. The first-order valence-electron chi connectivity index (χ1n) is 2.77. The first-order chi connectivity index (χ1) is 4.24. The molecule has 1 aromatic heterocycles. The number of rotatable bonds is 1. The normalized spacial score (nSPS) is 10.0. The van der Waals surface area contributed by atoms with Crippen molar-refractivity contribution >= 4 is 24.0 Å². The molecule has 1 heterocycles. The largest absolute Gasteiger partial charge is 0.402 e. The van der Waals surface area contributed by atoms with Crippen LogP contribution in [0.15, 0.2) is 4.34 Å². The Morgan fingerprint density at radius 2 is 2.44 bits per heavy atom. The predicted molar refractivity (Wildman–Crippen MR) is 38.3 cm³/mol. The molecule has 9 heavy (non-hydrogen) atoms. The minimum Gasteiger partial charge on any atom is -0.402 e. The average Bonchev–Trinajstić information content (AvgIpc) is 2.10. The van der Waals surface area contributed by atoms with E-state index in [1.54, 1.807) is 11.3 Å². The van der Waals surface area contributed by atoms with Gasteiger partial charge in [0.05, 0.1) is 0 Å². The van der Waals surface area contributed by atoms with Gasteiger partial charge in [0, 0.05) is 10.8 Å². The zero-order chi connectivity index (χ0) is 6.85. The van der Waals surface area contributed by atoms with E-state index in [1.807, 2.05) is 11.7 Å². The zero-order valence-corrected chi connectivity index (χ0v) is 7.05. The molecule has 0 N–H and O–H groups in total. The average molecular weight is 160 g/mol. The lowest BCUT2D eigenvalue weighted by atomic mass is 10.5. The molecule has 0 amide bonds. The van der Waals surface area contributed by atoms with Crippen LogP contribution in [0.2, 0.25) is 0 Å². The SMILES string of the molecule is CCc1sc([S-])n[n+]1C. The summed E-state index contributed by atoms with van der Waals surface area (Å²) in [5, 5.41) is 5.27. The molecule has 4 heteroatoms. The summed E-state index contributed by atoms with van der Waals surface area (Å²) in [4.78, 5) is 0. The molecule has 2 nitrogen and oxygen atoms in total. The van der Waals surface area contributed by atoms with Gasteiger partial charge in [-0.2, -0.15) is 0 Å². The molecule has 1 rings (SSSR count). The van der Waals surface area contributed by atoms with Gasteiger partial charge in [0.1, 0.15) is 0 Å². The van der Waals surface area contributed by atoms with E-state index in [4.69, 9.17) is 12.6 Å². The fourth-order valence-corrected chi connectivity index (χ4v) is 1.76. The summed E-state index contributed by atoms with van der Waals surface area (Å²) >= 11 is 6.45. The summed E-state index contributed by atoms with van der Waals surface area (Å²) in [6.45, 7) is 2.10. The van der Waals surface area contributed by atoms with E-state index in [0.717, 1.165) is 10.8 Å². The highest BCUT2D eigenvalue weighted by molar-refractivity contribution is 7.62. The van der Waals surface area contributed by atoms with Crippen LogP contribution in [0.4, 0.5) is 0 Å². The number of hydrogen-bond acceptors (Lipinski definition) is 3. The molecule has 0 atom stereocenters. The third kappa shape index (κ3) is 1.37. The van der Waals surface area contributed by atoms with Crippen molar-refractivity contribution in [2.75, 3.05) is 0 Å². The molecule has 50 valence electrons. The molecule has 0 aromatic carbocycles. The first kappa shape index (κ1) is 6.89. The Kier molecular flexibility index (Phi) is 1.97. The minimum absolute atomic E-state index is 0.731. The maximum atomic E-state index is 4.87. The second-order valence-electron chi connectivity index (χ2n) is 1.74. The quantitative estimate of drug-likeness (QED) is 0.438. The Balaban J connectivity index is 3.01. The number of hydrogen-bond donors (Lipinski definition) is 0. The molecular weight excluding hydrogens is 152 g/mol. The lowest BCUT2D eigenvalue weighted by molar-refractivity contribution is -0.734. The van der Waals surface area contributed by atoms with Gasteiger partial charge in [0.2, 0.25) is 0 Å². The van der Waals surface area contributed by atoms with Crippen LogP contribution in [0.1, 0.15) is 11.9 Å². The van der Waals surface area contributed by atoms with Crippen LogP contribution in [0.25, 0.3) is 0 Å². The molecule has 1 aromatic rings. The maximum Gasteiger partial charge on any atom is 0.173 e. The van der Waals surface area contributed by atoms with Crippen molar-refractivity contribution in [1.29, 1.82) is 0 Å². The molecule has 0 unspecified atom stereocenters. The lowest BCUT2D eigenvalue weighted by Crippen LogP contribution is -2.33. The second-order valence-corrected chi connectivity index (χ2v) is 3.45. The highest BCUT2D eigenvalue weighted by Crippen LogP contribution is 2.05. The number of nitrogens with zero attached hydrogens (tertiary/aromatic N) is 2. The fraction of sp³-hybridized carbons (Fsp3) is 0.600. The van der Waals surface area contributed by atoms with Crippen molar-refractivity contribution in [3.8, 4) is 0 Å². The molecule has 0 aliphatic heterocycles. The van der Waals surface area contributed by atoms with Crippen molar-refractivity contribution in [2.45, 2.75) is 17.7 Å². The monoisotopic (exact) mass is 160 g/mol. The van der Waals surface area contributed by atoms with Gasteiger partial charge in [-0.1, -0.05) is 6.92 Å². The second kappa shape index (κ2) is 2.58. The molecule has 0 aliphatic rings. The van der Waals surface area contributed by atoms with E-state index in [2.05, 4.69) is 12.0 Å². The van der Waals surface area contributed by atoms with E-state index in [-0.39, 0.29) is 0 Å². The van der Waals surface area contributed by atoms with Gasteiger partial charge in [0.25, 0.3) is 0 Å². The standard InChI is InChI=1S/C5H8N2S2/c1-3-4-7(2)6-5(8)9-4/h3H2,1-2H3. The Morgan fingerprint density at radius 1 is 1.78 bits per heavy atom. The molecule has 0 saturated heterocycles. The summed E-state index contributed by atoms with van der Waals surface area (Å²) in [5.74, 6) is 0. The Hall–Kier alpha value is -0.220. The van der Waals surface area contributed by atoms with Crippen molar-refractivity contribution in [3.63, 3.8) is 0 Å². The van der Waals surface area contributed by atoms with E-state index in [1.165, 1.54) is 5.01 Å². The topological polar surface area (TPSA) is 16.8 Å². The van der Waals surface area contributed by atoms with Crippen molar-refractivity contribution in [3.05, 3.63) is 5.01 Å². The smallest absolute Gasteiger partial charge is 0.173 e. The highest BCUT2D eigenvalue weighted by atomic mass is 32.2. The van der Waals surface area contributed by atoms with Crippen molar-refractivity contribution in [2.24, 2.45) is 7.05 Å². The molecular formula is C5H8N2S2. The molecule has 0 saturated carbocycles. The van der Waals surface area contributed by atoms with Gasteiger partial charge in [-0.3, -0.25) is 11.3 Å². The third-order valence-electron chi connectivity index (χ3n) is 1.10. The van der Waals surface area contributed by atoms with Gasteiger partial charge in [-0.05, 0) is 5.10 Å². The van der Waals surface area contributed by atoms with Gasteiger partial charge in [-0.15, -0.1) is 4.68 Å². The summed E-state index contributed by atoms with van der Waals surface area (Å²) in [7, 11) is 1.92. The highest BCUT2D eigenvalue weighted by Gasteiger charge is 2.00. The van der Waals surface area contributed by atoms with Crippen LogP contribution in [0.5, 0.6) is 0 Å². The maximum absolute atomic E-state index is 4.87. The van der Waals surface area contributed by atoms with Crippen LogP contribution >= 0.6 is 11.3 Å². The van der Waals surface area contributed by atoms with Crippen LogP contribution in [0.3, 0.4) is 0 Å². The Labute approximate surface area is 63.9 Å². The third-order valence-corrected chi connectivity index (χ3v) is 2.48. The van der Waals surface area contributed by atoms with Crippen LogP contribution < -0.4 is 4.68 Å². The van der Waals surface area contributed by atoms with Gasteiger partial charge in [-0.25, -0.2) is 0 Å². The summed E-state index contributed by atoms with van der Waals surface area (Å²) in [5.41, 5.74) is 0. The summed E-state index contributed by atoms with van der Waals surface area (Å²) < 4.78 is 2.57.